The van der Waals surface area contributed by atoms with Gasteiger partial charge in [0, 0.05) is 0 Å². The number of hydrogen-bond donors (Lipinski definition) is 2. The van der Waals surface area contributed by atoms with Crippen LogP contribution in [0.3, 0.4) is 0 Å². The fourth-order valence-corrected chi connectivity index (χ4v) is 1.39. The summed E-state index contributed by atoms with van der Waals surface area (Å²) in [7, 11) is 0. The molecule has 0 fully saturated rings. The second-order valence-electron chi connectivity index (χ2n) is 2.29. The number of nitrogens with zero attached hydrogens (tertiary/aromatic N) is 2. The van der Waals surface area contributed by atoms with E-state index in [1.54, 1.807) is 12.1 Å². The number of anilines is 1. The van der Waals surface area contributed by atoms with Gasteiger partial charge in [-0.05, 0) is 28.1 Å². The largest absolute Gasteiger partial charge is 0.368 e. The summed E-state index contributed by atoms with van der Waals surface area (Å²) in [6.07, 6.45) is 0. The summed E-state index contributed by atoms with van der Waals surface area (Å²) < 4.78 is 2.14. The molecule has 0 atom stereocenters. The van der Waals surface area contributed by atoms with Gasteiger partial charge >= 0.3 is 0 Å². The molecule has 0 unspecified atom stereocenters. The number of rotatable bonds is 0. The highest BCUT2D eigenvalue weighted by Gasteiger charge is 2.03. The van der Waals surface area contributed by atoms with Gasteiger partial charge in [-0.2, -0.15) is 0 Å². The van der Waals surface area contributed by atoms with Crippen LogP contribution in [0.5, 0.6) is 0 Å². The topological polar surface area (TPSA) is 76.2 Å². The summed E-state index contributed by atoms with van der Waals surface area (Å²) in [4.78, 5) is 13.6. The van der Waals surface area contributed by atoms with Crippen molar-refractivity contribution in [3.63, 3.8) is 0 Å². The molecular weight excluding hydrogens is 224 g/mol. The number of aromatic amines is 1. The van der Waals surface area contributed by atoms with Gasteiger partial charge < -0.3 is 5.73 Å². The summed E-state index contributed by atoms with van der Waals surface area (Å²) in [6, 6.07) is 3.40. The Morgan fingerprint density at radius 1 is 1.58 bits per heavy atom. The predicted octanol–water partition coefficient (Wildman–Crippen LogP) is 0.367. The van der Waals surface area contributed by atoms with Crippen LogP contribution in [0, 0.1) is 0 Å². The number of nitrogen functional groups attached to an aromatic ring is 1. The Kier molecular flexibility index (Phi) is 1.44. The fraction of sp³-hybridized carbons (Fsp3) is 0. The Labute approximate surface area is 75.3 Å². The summed E-state index contributed by atoms with van der Waals surface area (Å²) in [6.45, 7) is 0. The van der Waals surface area contributed by atoms with Crippen LogP contribution in [-0.4, -0.2) is 14.6 Å². The van der Waals surface area contributed by atoms with E-state index < -0.39 is 0 Å². The molecule has 0 saturated carbocycles. The van der Waals surface area contributed by atoms with Crippen LogP contribution in [-0.2, 0) is 0 Å². The Balaban J connectivity index is 3.03. The molecule has 0 aromatic carbocycles. The highest BCUT2D eigenvalue weighted by atomic mass is 79.9. The van der Waals surface area contributed by atoms with Gasteiger partial charge in [0.15, 0.2) is 0 Å². The van der Waals surface area contributed by atoms with Gasteiger partial charge in [0.05, 0.1) is 0 Å². The van der Waals surface area contributed by atoms with Crippen molar-refractivity contribution >= 4 is 27.4 Å². The maximum Gasteiger partial charge on any atom is 0.276 e. The molecule has 0 aliphatic carbocycles. The highest BCUT2D eigenvalue weighted by Crippen LogP contribution is 2.10. The molecule has 2 aromatic rings. The molecule has 0 bridgehead atoms. The van der Waals surface area contributed by atoms with E-state index in [9.17, 15) is 4.79 Å². The Bertz CT molecular complexity index is 486. The van der Waals surface area contributed by atoms with E-state index >= 15 is 0 Å². The third-order valence-corrected chi connectivity index (χ3v) is 2.09. The van der Waals surface area contributed by atoms with Crippen LogP contribution in [0.15, 0.2) is 21.5 Å². The van der Waals surface area contributed by atoms with Gasteiger partial charge in [-0.15, -0.1) is 5.10 Å². The van der Waals surface area contributed by atoms with E-state index in [1.165, 1.54) is 4.52 Å². The number of nitrogens with one attached hydrogen (secondary N) is 1. The number of hydrogen-bond acceptors (Lipinski definition) is 3. The number of halogens is 1. The predicted molar refractivity (Wildman–Crippen MR) is 47.9 cm³/mol. The van der Waals surface area contributed by atoms with Crippen LogP contribution in [0.25, 0.3) is 5.52 Å². The lowest BCUT2D eigenvalue weighted by Gasteiger charge is -1.95. The van der Waals surface area contributed by atoms with Crippen molar-refractivity contribution in [1.29, 1.82) is 0 Å². The first-order valence-electron chi connectivity index (χ1n) is 3.21. The SMILES string of the molecule is Nc1nn2c(Br)ccc2c(=O)[nH]1. The quantitative estimate of drug-likeness (QED) is 0.685. The molecule has 0 radical (unpaired) electrons. The van der Waals surface area contributed by atoms with Gasteiger partial charge in [-0.1, -0.05) is 0 Å². The third-order valence-electron chi connectivity index (χ3n) is 1.49. The molecule has 2 aromatic heterocycles. The van der Waals surface area contributed by atoms with Gasteiger partial charge in [0.2, 0.25) is 5.95 Å². The van der Waals surface area contributed by atoms with Crippen LogP contribution in [0.4, 0.5) is 5.95 Å². The van der Waals surface area contributed by atoms with Gasteiger partial charge in [-0.25, -0.2) is 4.52 Å². The van der Waals surface area contributed by atoms with Crippen molar-refractivity contribution in [2.24, 2.45) is 0 Å². The molecule has 2 heterocycles. The maximum atomic E-state index is 11.2. The minimum Gasteiger partial charge on any atom is -0.368 e. The lowest BCUT2D eigenvalue weighted by atomic mass is 10.5. The van der Waals surface area contributed by atoms with Gasteiger partial charge in [0.25, 0.3) is 5.56 Å². The summed E-state index contributed by atoms with van der Waals surface area (Å²) in [5, 5.41) is 3.89. The Hall–Kier alpha value is -1.30. The normalized spacial score (nSPS) is 10.8. The fourth-order valence-electron chi connectivity index (χ4n) is 0.991. The van der Waals surface area contributed by atoms with E-state index in [0.29, 0.717) is 10.1 Å². The Morgan fingerprint density at radius 3 is 3.08 bits per heavy atom. The van der Waals surface area contributed by atoms with Crippen molar-refractivity contribution in [3.8, 4) is 0 Å². The van der Waals surface area contributed by atoms with Crippen LogP contribution >= 0.6 is 15.9 Å². The first kappa shape index (κ1) is 7.35. The zero-order chi connectivity index (χ0) is 8.72. The highest BCUT2D eigenvalue weighted by molar-refractivity contribution is 9.10. The van der Waals surface area contributed by atoms with Gasteiger partial charge in [0.1, 0.15) is 10.1 Å². The number of nitrogens with two attached hydrogens (primary N) is 1. The zero-order valence-electron chi connectivity index (χ0n) is 5.91. The second-order valence-corrected chi connectivity index (χ2v) is 3.10. The minimum absolute atomic E-state index is 0.101. The summed E-state index contributed by atoms with van der Waals surface area (Å²) in [5.74, 6) is 0.101. The van der Waals surface area contributed by atoms with Crippen molar-refractivity contribution < 1.29 is 0 Å². The monoisotopic (exact) mass is 228 g/mol. The smallest absolute Gasteiger partial charge is 0.276 e. The third kappa shape index (κ3) is 0.918. The van der Waals surface area contributed by atoms with Crippen LogP contribution in [0.1, 0.15) is 0 Å². The average Bonchev–Trinajstić information content (AvgIpc) is 2.33. The van der Waals surface area contributed by atoms with Gasteiger partial charge in [-0.3, -0.25) is 9.78 Å². The first-order valence-corrected chi connectivity index (χ1v) is 4.01. The van der Waals surface area contributed by atoms with Crippen molar-refractivity contribution in [2.75, 3.05) is 5.73 Å². The van der Waals surface area contributed by atoms with Crippen LogP contribution < -0.4 is 11.3 Å². The maximum absolute atomic E-state index is 11.2. The molecular formula is C6H5BrN4O. The Morgan fingerprint density at radius 2 is 2.33 bits per heavy atom. The van der Waals surface area contributed by atoms with E-state index in [0.717, 1.165) is 0 Å². The standard InChI is InChI=1S/C6H5BrN4O/c7-4-2-1-3-5(12)9-6(8)10-11(3)4/h1-2H,(H3,8,9,10,12). The molecule has 3 N–H and O–H groups in total. The average molecular weight is 229 g/mol. The molecule has 12 heavy (non-hydrogen) atoms. The molecule has 5 nitrogen and oxygen atoms in total. The molecule has 0 amide bonds. The molecule has 0 aliphatic heterocycles. The van der Waals surface area contributed by atoms with Crippen LogP contribution in [0.2, 0.25) is 0 Å². The summed E-state index contributed by atoms with van der Waals surface area (Å²) >= 11 is 3.23. The molecule has 2 rings (SSSR count). The van der Waals surface area contributed by atoms with E-state index in [-0.39, 0.29) is 11.5 Å². The van der Waals surface area contributed by atoms with E-state index in [4.69, 9.17) is 5.73 Å². The van der Waals surface area contributed by atoms with Crippen molar-refractivity contribution in [1.82, 2.24) is 14.6 Å². The number of H-pyrrole nitrogens is 1. The first-order chi connectivity index (χ1) is 5.68. The summed E-state index contributed by atoms with van der Waals surface area (Å²) in [5.41, 5.74) is 5.57. The molecule has 62 valence electrons. The second kappa shape index (κ2) is 2.34. The molecule has 0 spiro atoms. The van der Waals surface area contributed by atoms with E-state index in [1.807, 2.05) is 0 Å². The lowest BCUT2D eigenvalue weighted by molar-refractivity contribution is 0.886. The number of aromatic nitrogens is 3. The van der Waals surface area contributed by atoms with Crippen molar-refractivity contribution in [3.05, 3.63) is 27.1 Å². The zero-order valence-corrected chi connectivity index (χ0v) is 7.50. The minimum atomic E-state index is -0.242. The van der Waals surface area contributed by atoms with E-state index in [2.05, 4.69) is 26.0 Å². The van der Waals surface area contributed by atoms with Crippen molar-refractivity contribution in [2.45, 2.75) is 0 Å². The molecule has 6 heteroatoms. The molecule has 0 saturated heterocycles. The number of fused-ring (bicyclic) bond motifs is 1. The molecule has 0 aliphatic rings. The lowest BCUT2D eigenvalue weighted by Crippen LogP contribution is -2.14.